The zero-order chi connectivity index (χ0) is 35.0. The summed E-state index contributed by atoms with van der Waals surface area (Å²) in [5, 5.41) is 34.4. The van der Waals surface area contributed by atoms with Crippen molar-refractivity contribution in [2.45, 2.75) is 72.1 Å². The number of ether oxygens (including phenoxy) is 2. The molecular formula is C32H34CaN4O10S2. The zero-order valence-electron chi connectivity index (χ0n) is 27.1. The summed E-state index contributed by atoms with van der Waals surface area (Å²) in [4.78, 5) is 65.7. The maximum atomic E-state index is 12.2. The Labute approximate surface area is 321 Å². The number of carboxylic acid groups (broad SMARTS) is 2. The van der Waals surface area contributed by atoms with E-state index in [1.807, 2.05) is 12.1 Å². The molecule has 4 saturated heterocycles. The van der Waals surface area contributed by atoms with Gasteiger partial charge in [-0.05, 0) is 57.9 Å². The fourth-order valence-electron chi connectivity index (χ4n) is 5.97. The minimum absolute atomic E-state index is 0. The van der Waals surface area contributed by atoms with Crippen LogP contribution in [0.15, 0.2) is 65.7 Å². The van der Waals surface area contributed by atoms with Gasteiger partial charge in [0.2, 0.25) is 5.91 Å². The minimum atomic E-state index is -1.29. The molecule has 14 nitrogen and oxygen atoms in total. The number of hydrogen-bond acceptors (Lipinski definition) is 12. The molecule has 0 spiro atoms. The van der Waals surface area contributed by atoms with Gasteiger partial charge in [-0.3, -0.25) is 19.4 Å². The Hall–Kier alpha value is -3.18. The normalized spacial score (nSPS) is 27.1. The molecule has 4 fully saturated rings. The second kappa shape index (κ2) is 15.4. The van der Waals surface area contributed by atoms with Crippen molar-refractivity contribution in [3.8, 4) is 11.5 Å². The fourth-order valence-corrected chi connectivity index (χ4v) is 9.20. The van der Waals surface area contributed by atoms with Gasteiger partial charge in [0, 0.05) is 9.49 Å². The number of carbonyl (C=O) groups is 5. The van der Waals surface area contributed by atoms with E-state index in [9.17, 15) is 39.3 Å². The van der Waals surface area contributed by atoms with Crippen molar-refractivity contribution in [2.24, 2.45) is 4.99 Å². The number of aliphatic imine (C=N–C) groups is 1. The summed E-state index contributed by atoms with van der Waals surface area (Å²) >= 11 is 2.71. The van der Waals surface area contributed by atoms with Crippen LogP contribution in [0.2, 0.25) is 0 Å². The van der Waals surface area contributed by atoms with E-state index in [4.69, 9.17) is 9.47 Å². The molecule has 2 aromatic rings. The van der Waals surface area contributed by atoms with Crippen LogP contribution < -0.4 is 25.0 Å². The number of aliphatic carboxylic acids is 2. The number of benzene rings is 2. The largest absolute Gasteiger partial charge is 2.00 e. The summed E-state index contributed by atoms with van der Waals surface area (Å²) in [7, 11) is 0. The van der Waals surface area contributed by atoms with Gasteiger partial charge in [0.05, 0.1) is 12.0 Å². The van der Waals surface area contributed by atoms with Crippen LogP contribution in [0.4, 0.5) is 0 Å². The van der Waals surface area contributed by atoms with Crippen LogP contribution in [0.1, 0.15) is 27.7 Å². The number of amides is 3. The van der Waals surface area contributed by atoms with Crippen molar-refractivity contribution in [2.75, 3.05) is 13.2 Å². The molecule has 0 aromatic heterocycles. The van der Waals surface area contributed by atoms with Gasteiger partial charge < -0.3 is 44.7 Å². The first kappa shape index (κ1) is 38.6. The van der Waals surface area contributed by atoms with Crippen LogP contribution >= 0.6 is 23.5 Å². The predicted molar refractivity (Wildman–Crippen MR) is 178 cm³/mol. The zero-order valence-corrected chi connectivity index (χ0v) is 31.0. The average Bonchev–Trinajstić information content (AvgIpc) is 3.46. The Morgan fingerprint density at radius 1 is 0.816 bits per heavy atom. The van der Waals surface area contributed by atoms with E-state index in [0.29, 0.717) is 11.5 Å². The van der Waals surface area contributed by atoms with Gasteiger partial charge >= 0.3 is 43.7 Å². The fraction of sp³-hybridized carbons (Fsp3) is 0.438. The number of para-hydroxylation sites is 2. The molecule has 0 unspecified atom stereocenters. The van der Waals surface area contributed by atoms with E-state index in [1.165, 1.54) is 33.3 Å². The number of carboxylic acids is 2. The quantitative estimate of drug-likeness (QED) is 0.135. The molecule has 4 heterocycles. The summed E-state index contributed by atoms with van der Waals surface area (Å²) < 4.78 is 9.36. The summed E-state index contributed by atoms with van der Waals surface area (Å²) in [6.45, 7) is 6.59. The molecular weight excluding hydrogens is 705 g/mol. The van der Waals surface area contributed by atoms with E-state index < -0.39 is 68.7 Å². The molecule has 3 amide bonds. The monoisotopic (exact) mass is 738 g/mol. The summed E-state index contributed by atoms with van der Waals surface area (Å²) in [6, 6.07) is 14.3. The van der Waals surface area contributed by atoms with Gasteiger partial charge in [0.1, 0.15) is 40.9 Å². The van der Waals surface area contributed by atoms with E-state index in [0.717, 1.165) is 0 Å². The van der Waals surface area contributed by atoms with Gasteiger partial charge in [-0.1, -0.05) is 36.4 Å². The Morgan fingerprint density at radius 3 is 1.84 bits per heavy atom. The van der Waals surface area contributed by atoms with Gasteiger partial charge in [-0.25, -0.2) is 4.79 Å². The van der Waals surface area contributed by atoms with E-state index in [2.05, 4.69) is 10.3 Å². The Kier molecular flexibility index (Phi) is 12.1. The van der Waals surface area contributed by atoms with Crippen LogP contribution in [0.5, 0.6) is 11.5 Å². The van der Waals surface area contributed by atoms with Crippen molar-refractivity contribution in [3.05, 3.63) is 60.7 Å². The number of thioether (sulfide) groups is 2. The topological polar surface area (TPSA) is 201 Å². The third-order valence-electron chi connectivity index (χ3n) is 8.13. The number of carbonyl (C=O) groups excluding carboxylic acids is 4. The molecule has 49 heavy (non-hydrogen) atoms. The first-order chi connectivity index (χ1) is 22.6. The summed E-state index contributed by atoms with van der Waals surface area (Å²) in [6.07, 6.45) is 0. The van der Waals surface area contributed by atoms with Crippen LogP contribution in [-0.4, -0.2) is 146 Å². The van der Waals surface area contributed by atoms with Crippen molar-refractivity contribution in [3.63, 3.8) is 0 Å². The van der Waals surface area contributed by atoms with Crippen LogP contribution in [0, 0.1) is 0 Å². The van der Waals surface area contributed by atoms with Gasteiger partial charge in [-0.15, -0.1) is 23.5 Å². The molecule has 2 aromatic carbocycles. The predicted octanol–water partition coefficient (Wildman–Crippen LogP) is -0.679. The van der Waals surface area contributed by atoms with E-state index >= 15 is 0 Å². The van der Waals surface area contributed by atoms with E-state index in [1.54, 1.807) is 76.2 Å². The molecule has 6 rings (SSSR count). The van der Waals surface area contributed by atoms with Crippen molar-refractivity contribution >= 4 is 96.8 Å². The number of hydrogen-bond donors (Lipinski definition) is 2. The van der Waals surface area contributed by atoms with Crippen LogP contribution in [0.25, 0.3) is 0 Å². The third kappa shape index (κ3) is 8.08. The molecule has 256 valence electrons. The van der Waals surface area contributed by atoms with Gasteiger partial charge in [-0.2, -0.15) is 0 Å². The Balaban J connectivity index is 0.000000216. The van der Waals surface area contributed by atoms with E-state index in [-0.39, 0.29) is 62.2 Å². The molecule has 4 aliphatic rings. The maximum Gasteiger partial charge on any atom is 2.00 e. The van der Waals surface area contributed by atoms with Crippen molar-refractivity contribution in [1.82, 2.24) is 15.1 Å². The van der Waals surface area contributed by atoms with Gasteiger partial charge in [0.15, 0.2) is 12.6 Å². The molecule has 0 radical (unpaired) electrons. The molecule has 4 aliphatic heterocycles. The molecule has 0 bridgehead atoms. The molecule has 6 atom stereocenters. The maximum absolute atomic E-state index is 12.2. The molecule has 0 aliphatic carbocycles. The second-order valence-corrected chi connectivity index (χ2v) is 15.9. The minimum Gasteiger partial charge on any atom is -0.860 e. The smallest absolute Gasteiger partial charge is 0.860 e. The number of nitrogens with zero attached hydrogens (tertiary/aromatic N) is 3. The number of fused-ring (bicyclic) bond motifs is 2. The SMILES string of the molecule is CC1(C)S[C@@H]2[C@H](N=C([O-])COc3ccccc3)C(=O)N2[C@H]1C(=O)[O-].CC1(C)S[C@@H]2[C@H](NC(=O)COc3ccccc3)C(=O)N2[C@H]1C(=O)O.[Ca+2]. The summed E-state index contributed by atoms with van der Waals surface area (Å²) in [5.41, 5.74) is 0. The Bertz CT molecular complexity index is 1610. The molecule has 17 heteroatoms. The standard InChI is InChI=1S/2C16H18N2O5S.Ca/c2*1-16(2)12(15(21)22)18-13(20)11(14(18)24-16)17-10(19)8-23-9-6-4-3-5-7-9;/h2*3-7,11-12,14H,8H2,1-2H3,(H,17,19)(H,21,22);/q;;+2/p-2/t2*11-,12+,14-;/m11./s1. The Morgan fingerprint density at radius 2 is 1.31 bits per heavy atom. The number of nitrogens with one attached hydrogen (secondary N) is 1. The van der Waals surface area contributed by atoms with Crippen molar-refractivity contribution in [1.29, 1.82) is 0 Å². The average molecular weight is 739 g/mol. The number of rotatable bonds is 10. The van der Waals surface area contributed by atoms with Crippen LogP contribution in [0.3, 0.4) is 0 Å². The first-order valence-corrected chi connectivity index (χ1v) is 16.7. The summed E-state index contributed by atoms with van der Waals surface area (Å²) in [5.74, 6) is -2.99. The molecule has 2 N–H and O–H groups in total. The van der Waals surface area contributed by atoms with Crippen LogP contribution in [-0.2, 0) is 24.0 Å². The number of β-lactam (4-membered cyclic amide) rings is 2. The second-order valence-electron chi connectivity index (χ2n) is 12.4. The van der Waals surface area contributed by atoms with Crippen molar-refractivity contribution < 1.29 is 48.8 Å². The van der Waals surface area contributed by atoms with Gasteiger partial charge in [0.25, 0.3) is 11.8 Å². The first-order valence-electron chi connectivity index (χ1n) is 14.9. The molecule has 0 saturated carbocycles. The third-order valence-corrected chi connectivity index (χ3v) is 11.3.